The summed E-state index contributed by atoms with van der Waals surface area (Å²) in [5.74, 6) is 0.906. The van der Waals surface area contributed by atoms with Crippen molar-refractivity contribution in [1.82, 2.24) is 5.32 Å². The molecule has 0 heterocycles. The average molecular weight is 219 g/mol. The predicted molar refractivity (Wildman–Crippen MR) is 68.8 cm³/mol. The third-order valence-electron chi connectivity index (χ3n) is 2.72. The Balaban J connectivity index is 2.81. The van der Waals surface area contributed by atoms with Crippen LogP contribution in [0, 0.1) is 0 Å². The lowest BCUT2D eigenvalue weighted by molar-refractivity contribution is 0.412. The average Bonchev–Trinajstić information content (AvgIpc) is 2.35. The van der Waals surface area contributed by atoms with E-state index in [0.717, 1.165) is 12.2 Å². The largest absolute Gasteiger partial charge is 0.497 e. The Labute approximate surface area is 98.3 Å². The molecular weight excluding hydrogens is 198 g/mol. The number of nitrogens with one attached hydrogen (secondary N) is 1. The highest BCUT2D eigenvalue weighted by molar-refractivity contribution is 5.30. The molecule has 0 bridgehead atoms. The second kappa shape index (κ2) is 6.33. The Morgan fingerprint density at radius 1 is 1.50 bits per heavy atom. The minimum Gasteiger partial charge on any atom is -0.497 e. The van der Waals surface area contributed by atoms with E-state index in [1.165, 1.54) is 5.56 Å². The molecule has 0 saturated carbocycles. The molecular formula is C14H21NO. The van der Waals surface area contributed by atoms with E-state index < -0.39 is 0 Å². The quantitative estimate of drug-likeness (QED) is 0.741. The van der Waals surface area contributed by atoms with Gasteiger partial charge in [-0.3, -0.25) is 0 Å². The zero-order valence-electron chi connectivity index (χ0n) is 10.4. The minimum absolute atomic E-state index is 0.316. The summed E-state index contributed by atoms with van der Waals surface area (Å²) < 4.78 is 5.23. The molecule has 0 saturated heterocycles. The molecule has 2 nitrogen and oxygen atoms in total. The van der Waals surface area contributed by atoms with Gasteiger partial charge in [0.1, 0.15) is 5.75 Å². The number of benzene rings is 1. The van der Waals surface area contributed by atoms with Crippen LogP contribution in [0.15, 0.2) is 36.9 Å². The highest BCUT2D eigenvalue weighted by Gasteiger charge is 2.11. The molecule has 0 spiro atoms. The van der Waals surface area contributed by atoms with Crippen molar-refractivity contribution < 1.29 is 4.74 Å². The Kier molecular flexibility index (Phi) is 5.06. The summed E-state index contributed by atoms with van der Waals surface area (Å²) in [5.41, 5.74) is 1.26. The van der Waals surface area contributed by atoms with Crippen LogP contribution in [0.2, 0.25) is 0 Å². The van der Waals surface area contributed by atoms with E-state index in [1.807, 2.05) is 18.2 Å². The molecule has 0 fully saturated rings. The first kappa shape index (κ1) is 12.8. The van der Waals surface area contributed by atoms with E-state index in [4.69, 9.17) is 4.74 Å². The summed E-state index contributed by atoms with van der Waals surface area (Å²) in [6.07, 6.45) is 2.97. The fraction of sp³-hybridized carbons (Fsp3) is 0.429. The van der Waals surface area contributed by atoms with Crippen LogP contribution in [-0.2, 0) is 0 Å². The van der Waals surface area contributed by atoms with Gasteiger partial charge >= 0.3 is 0 Å². The number of rotatable bonds is 6. The Bertz CT molecular complexity index is 335. The van der Waals surface area contributed by atoms with Gasteiger partial charge in [0, 0.05) is 12.1 Å². The molecule has 2 atom stereocenters. The molecule has 2 unspecified atom stereocenters. The van der Waals surface area contributed by atoms with Gasteiger partial charge in [-0.15, -0.1) is 6.58 Å². The second-order valence-corrected chi connectivity index (χ2v) is 3.93. The van der Waals surface area contributed by atoms with Crippen LogP contribution in [0.25, 0.3) is 0 Å². The van der Waals surface area contributed by atoms with E-state index in [9.17, 15) is 0 Å². The predicted octanol–water partition coefficient (Wildman–Crippen LogP) is 3.31. The van der Waals surface area contributed by atoms with Crippen molar-refractivity contribution in [2.45, 2.75) is 32.4 Å². The first-order valence-corrected chi connectivity index (χ1v) is 5.73. The fourth-order valence-corrected chi connectivity index (χ4v) is 1.69. The van der Waals surface area contributed by atoms with Gasteiger partial charge in [0.2, 0.25) is 0 Å². The molecule has 1 aromatic rings. The number of ether oxygens (including phenoxy) is 1. The highest BCUT2D eigenvalue weighted by Crippen LogP contribution is 2.21. The molecule has 2 heteroatoms. The van der Waals surface area contributed by atoms with Crippen LogP contribution < -0.4 is 10.1 Å². The summed E-state index contributed by atoms with van der Waals surface area (Å²) in [7, 11) is 1.69. The lowest BCUT2D eigenvalue weighted by Crippen LogP contribution is -2.28. The van der Waals surface area contributed by atoms with Gasteiger partial charge in [0.15, 0.2) is 0 Å². The summed E-state index contributed by atoms with van der Waals surface area (Å²) >= 11 is 0. The Hall–Kier alpha value is -1.28. The van der Waals surface area contributed by atoms with Crippen molar-refractivity contribution in [3.63, 3.8) is 0 Å². The summed E-state index contributed by atoms with van der Waals surface area (Å²) in [6.45, 7) is 8.07. The van der Waals surface area contributed by atoms with Crippen LogP contribution in [0.3, 0.4) is 0 Å². The molecule has 16 heavy (non-hydrogen) atoms. The SMILES string of the molecule is C=CC(C)NC(CC)c1cccc(OC)c1. The van der Waals surface area contributed by atoms with Crippen LogP contribution in [0.5, 0.6) is 5.75 Å². The molecule has 0 radical (unpaired) electrons. The van der Waals surface area contributed by atoms with E-state index >= 15 is 0 Å². The van der Waals surface area contributed by atoms with Crippen molar-refractivity contribution >= 4 is 0 Å². The van der Waals surface area contributed by atoms with Crippen LogP contribution >= 0.6 is 0 Å². The molecule has 1 N–H and O–H groups in total. The van der Waals surface area contributed by atoms with Crippen molar-refractivity contribution in [2.24, 2.45) is 0 Å². The first-order chi connectivity index (χ1) is 7.71. The fourth-order valence-electron chi connectivity index (χ4n) is 1.69. The van der Waals surface area contributed by atoms with E-state index in [2.05, 4.69) is 37.9 Å². The molecule has 0 aromatic heterocycles. The van der Waals surface area contributed by atoms with Crippen LogP contribution in [0.4, 0.5) is 0 Å². The van der Waals surface area contributed by atoms with Gasteiger partial charge in [-0.1, -0.05) is 25.1 Å². The summed E-state index contributed by atoms with van der Waals surface area (Å²) in [6, 6.07) is 8.86. The smallest absolute Gasteiger partial charge is 0.119 e. The number of hydrogen-bond acceptors (Lipinski definition) is 2. The molecule has 1 aromatic carbocycles. The molecule has 88 valence electrons. The van der Waals surface area contributed by atoms with Gasteiger partial charge in [-0.25, -0.2) is 0 Å². The van der Waals surface area contributed by atoms with Crippen LogP contribution in [-0.4, -0.2) is 13.2 Å². The van der Waals surface area contributed by atoms with Crippen molar-refractivity contribution in [2.75, 3.05) is 7.11 Å². The maximum Gasteiger partial charge on any atom is 0.119 e. The molecule has 0 amide bonds. The standard InChI is InChI=1S/C14H21NO/c1-5-11(3)15-14(6-2)12-8-7-9-13(10-12)16-4/h5,7-11,14-15H,1,6H2,2-4H3. The summed E-state index contributed by atoms with van der Waals surface area (Å²) in [5, 5.41) is 3.51. The second-order valence-electron chi connectivity index (χ2n) is 3.93. The molecule has 0 aliphatic carbocycles. The van der Waals surface area contributed by atoms with Crippen molar-refractivity contribution in [3.8, 4) is 5.75 Å². The van der Waals surface area contributed by atoms with Gasteiger partial charge in [-0.05, 0) is 31.0 Å². The zero-order valence-corrected chi connectivity index (χ0v) is 10.4. The monoisotopic (exact) mass is 219 g/mol. The lowest BCUT2D eigenvalue weighted by Gasteiger charge is -2.21. The third kappa shape index (κ3) is 3.38. The zero-order chi connectivity index (χ0) is 12.0. The third-order valence-corrected chi connectivity index (χ3v) is 2.72. The molecule has 1 rings (SSSR count). The normalized spacial score (nSPS) is 14.2. The Morgan fingerprint density at radius 2 is 2.25 bits per heavy atom. The van der Waals surface area contributed by atoms with E-state index in [0.29, 0.717) is 12.1 Å². The summed E-state index contributed by atoms with van der Waals surface area (Å²) in [4.78, 5) is 0. The van der Waals surface area contributed by atoms with E-state index in [1.54, 1.807) is 7.11 Å². The van der Waals surface area contributed by atoms with Gasteiger partial charge in [-0.2, -0.15) is 0 Å². The first-order valence-electron chi connectivity index (χ1n) is 5.73. The maximum absolute atomic E-state index is 5.23. The van der Waals surface area contributed by atoms with Crippen LogP contribution in [0.1, 0.15) is 31.9 Å². The van der Waals surface area contributed by atoms with E-state index in [-0.39, 0.29) is 0 Å². The molecule has 0 aliphatic heterocycles. The van der Waals surface area contributed by atoms with Gasteiger partial charge in [0.05, 0.1) is 7.11 Å². The van der Waals surface area contributed by atoms with Crippen molar-refractivity contribution in [3.05, 3.63) is 42.5 Å². The lowest BCUT2D eigenvalue weighted by atomic mass is 10.0. The molecule has 0 aliphatic rings. The minimum atomic E-state index is 0.316. The number of hydrogen-bond donors (Lipinski definition) is 1. The Morgan fingerprint density at radius 3 is 2.81 bits per heavy atom. The maximum atomic E-state index is 5.23. The van der Waals surface area contributed by atoms with Gasteiger partial charge in [0.25, 0.3) is 0 Å². The van der Waals surface area contributed by atoms with Gasteiger partial charge < -0.3 is 10.1 Å². The topological polar surface area (TPSA) is 21.3 Å². The van der Waals surface area contributed by atoms with Crippen molar-refractivity contribution in [1.29, 1.82) is 0 Å². The number of methoxy groups -OCH3 is 1. The highest BCUT2D eigenvalue weighted by atomic mass is 16.5.